The van der Waals surface area contributed by atoms with Gasteiger partial charge in [0.25, 0.3) is 0 Å². The lowest BCUT2D eigenvalue weighted by atomic mass is 10.1. The number of H-pyrrole nitrogens is 2. The monoisotopic (exact) mass is 621 g/mol. The first-order valence-corrected chi connectivity index (χ1v) is 15.4. The highest BCUT2D eigenvalue weighted by atomic mass is 16.5. The lowest BCUT2D eigenvalue weighted by molar-refractivity contribution is 0.484. The van der Waals surface area contributed by atoms with Crippen LogP contribution >= 0.6 is 0 Å². The number of aromatic nitrogens is 8. The lowest BCUT2D eigenvalue weighted by Crippen LogP contribution is -1.91. The fraction of sp³-hybridized carbons (Fsp3) is 0. The molecule has 0 unspecified atom stereocenters. The van der Waals surface area contributed by atoms with E-state index in [2.05, 4.69) is 9.97 Å². The summed E-state index contributed by atoms with van der Waals surface area (Å²) < 4.78 is 6.42. The van der Waals surface area contributed by atoms with Crippen LogP contribution in [0.4, 0.5) is 5.69 Å². The molecule has 8 aromatic rings. The minimum absolute atomic E-state index is 0.459. The Morgan fingerprint density at radius 3 is 1.40 bits per heavy atom. The zero-order valence-corrected chi connectivity index (χ0v) is 25.1. The SMILES string of the molecule is Nc1ccc(Oc2cccc3c2-c2nc-3nc3[nH]c(nc4nc(nc5[nH]c(n2)c2ccccc52)-c2ccccc2-4)c2ccccc32)cc1. The van der Waals surface area contributed by atoms with Crippen molar-refractivity contribution >= 4 is 49.8 Å². The van der Waals surface area contributed by atoms with E-state index in [-0.39, 0.29) is 0 Å². The number of rotatable bonds is 2. The van der Waals surface area contributed by atoms with Crippen molar-refractivity contribution in [2.24, 2.45) is 0 Å². The normalized spacial score (nSPS) is 11.8. The first-order valence-electron chi connectivity index (χ1n) is 15.4. The molecule has 5 aromatic carbocycles. The summed E-state index contributed by atoms with van der Waals surface area (Å²) in [6, 6.07) is 37.1. The molecular formula is C38H23N9O. The van der Waals surface area contributed by atoms with Crippen molar-refractivity contribution in [1.29, 1.82) is 0 Å². The molecule has 48 heavy (non-hydrogen) atoms. The molecule has 0 fully saturated rings. The van der Waals surface area contributed by atoms with Gasteiger partial charge in [-0.2, -0.15) is 0 Å². The number of benzene rings is 5. The topological polar surface area (TPSA) is 144 Å². The van der Waals surface area contributed by atoms with Crippen molar-refractivity contribution in [3.8, 4) is 57.1 Å². The summed E-state index contributed by atoms with van der Waals surface area (Å²) in [6.07, 6.45) is 0. The molecule has 0 saturated heterocycles. The van der Waals surface area contributed by atoms with E-state index in [1.54, 1.807) is 12.1 Å². The molecule has 10 rings (SSSR count). The number of fused-ring (bicyclic) bond motifs is 20. The van der Waals surface area contributed by atoms with Gasteiger partial charge >= 0.3 is 0 Å². The Morgan fingerprint density at radius 1 is 0.417 bits per heavy atom. The third kappa shape index (κ3) is 4.06. The zero-order chi connectivity index (χ0) is 31.8. The first-order chi connectivity index (χ1) is 23.7. The molecular weight excluding hydrogens is 598 g/mol. The Morgan fingerprint density at radius 2 is 0.854 bits per heavy atom. The summed E-state index contributed by atoms with van der Waals surface area (Å²) in [7, 11) is 0. The van der Waals surface area contributed by atoms with Crippen LogP contribution < -0.4 is 10.5 Å². The highest BCUT2D eigenvalue weighted by Crippen LogP contribution is 2.43. The van der Waals surface area contributed by atoms with Crippen LogP contribution in [0.1, 0.15) is 0 Å². The van der Waals surface area contributed by atoms with Crippen molar-refractivity contribution in [2.75, 3.05) is 5.73 Å². The van der Waals surface area contributed by atoms with Crippen molar-refractivity contribution in [1.82, 2.24) is 39.9 Å². The highest BCUT2D eigenvalue weighted by Gasteiger charge is 2.25. The second-order valence-corrected chi connectivity index (χ2v) is 11.6. The molecule has 2 aliphatic rings. The minimum atomic E-state index is 0.459. The summed E-state index contributed by atoms with van der Waals surface area (Å²) in [4.78, 5) is 37.2. The summed E-state index contributed by atoms with van der Waals surface area (Å²) in [5, 5.41) is 3.63. The molecule has 8 bridgehead atoms. The number of hydrogen-bond donors (Lipinski definition) is 3. The fourth-order valence-electron chi connectivity index (χ4n) is 6.41. The van der Waals surface area contributed by atoms with Gasteiger partial charge in [-0.3, -0.25) is 0 Å². The first kappa shape index (κ1) is 26.3. The minimum Gasteiger partial charge on any atom is -0.457 e. The summed E-state index contributed by atoms with van der Waals surface area (Å²) in [5.74, 6) is 3.32. The van der Waals surface area contributed by atoms with Gasteiger partial charge < -0.3 is 20.4 Å². The third-order valence-electron chi connectivity index (χ3n) is 8.65. The van der Waals surface area contributed by atoms with E-state index >= 15 is 0 Å². The average molecular weight is 622 g/mol. The van der Waals surface area contributed by atoms with E-state index in [9.17, 15) is 0 Å². The van der Waals surface area contributed by atoms with Crippen LogP contribution in [0.25, 0.3) is 89.7 Å². The van der Waals surface area contributed by atoms with E-state index in [1.165, 1.54) is 0 Å². The molecule has 0 atom stereocenters. The van der Waals surface area contributed by atoms with Gasteiger partial charge in [-0.1, -0.05) is 84.9 Å². The van der Waals surface area contributed by atoms with Crippen LogP contribution in [0.2, 0.25) is 0 Å². The molecule has 0 amide bonds. The molecule has 10 nitrogen and oxygen atoms in total. The van der Waals surface area contributed by atoms with Gasteiger partial charge in [-0.15, -0.1) is 0 Å². The van der Waals surface area contributed by atoms with Gasteiger partial charge in [-0.05, 0) is 30.3 Å². The predicted molar refractivity (Wildman–Crippen MR) is 187 cm³/mol. The van der Waals surface area contributed by atoms with Gasteiger partial charge in [0.2, 0.25) is 0 Å². The van der Waals surface area contributed by atoms with Gasteiger partial charge in [0.05, 0.1) is 5.56 Å². The van der Waals surface area contributed by atoms with Crippen molar-refractivity contribution < 1.29 is 4.74 Å². The Bertz CT molecular complexity index is 2780. The number of hydrogen-bond acceptors (Lipinski definition) is 8. The largest absolute Gasteiger partial charge is 0.457 e. The molecule has 0 spiro atoms. The highest BCUT2D eigenvalue weighted by molar-refractivity contribution is 6.06. The molecule has 0 saturated carbocycles. The van der Waals surface area contributed by atoms with E-state index in [4.69, 9.17) is 40.4 Å². The lowest BCUT2D eigenvalue weighted by Gasteiger charge is -2.10. The van der Waals surface area contributed by atoms with Crippen LogP contribution in [-0.2, 0) is 0 Å². The van der Waals surface area contributed by atoms with Gasteiger partial charge in [-0.25, -0.2) is 29.9 Å². The zero-order valence-electron chi connectivity index (χ0n) is 25.1. The maximum Gasteiger partial charge on any atom is 0.168 e. The van der Waals surface area contributed by atoms with E-state index in [1.807, 2.05) is 103 Å². The predicted octanol–water partition coefficient (Wildman–Crippen LogP) is 8.24. The van der Waals surface area contributed by atoms with Crippen LogP contribution in [0.15, 0.2) is 115 Å². The van der Waals surface area contributed by atoms with Crippen molar-refractivity contribution in [3.63, 3.8) is 0 Å². The summed E-state index contributed by atoms with van der Waals surface area (Å²) in [6.45, 7) is 0. The number of anilines is 1. The van der Waals surface area contributed by atoms with Gasteiger partial charge in [0.15, 0.2) is 23.3 Å². The molecule has 10 heteroatoms. The molecule has 3 aromatic heterocycles. The number of nitrogen functional groups attached to an aromatic ring is 1. The maximum atomic E-state index is 6.42. The quantitative estimate of drug-likeness (QED) is 0.164. The van der Waals surface area contributed by atoms with E-state index in [0.29, 0.717) is 63.1 Å². The molecule has 226 valence electrons. The third-order valence-corrected chi connectivity index (χ3v) is 8.65. The van der Waals surface area contributed by atoms with Crippen molar-refractivity contribution in [2.45, 2.75) is 0 Å². The molecule has 4 N–H and O–H groups in total. The summed E-state index contributed by atoms with van der Waals surface area (Å²) >= 11 is 0. The maximum absolute atomic E-state index is 6.42. The molecule has 2 aliphatic heterocycles. The van der Waals surface area contributed by atoms with Gasteiger partial charge in [0, 0.05) is 43.9 Å². The van der Waals surface area contributed by atoms with Gasteiger partial charge in [0.1, 0.15) is 34.1 Å². The standard InChI is InChI=1S/C38H23N9O/c39-20-16-18-21(19-17-20)48-29-15-7-14-28-30(29)38-46-36-27-13-6-5-12-26(27)34(44-36)42-32-23-9-2-1-8-22(23)31(40-32)41-33-24-10-3-4-11-25(24)35(43-33)45-37(28)47-38/h1-19H,39H2,(H2,40,41,42,43,44,45,46,47). The number of ether oxygens (including phenoxy) is 1. The fourth-order valence-corrected chi connectivity index (χ4v) is 6.41. The number of nitrogens with zero attached hydrogens (tertiary/aromatic N) is 6. The second kappa shape index (κ2) is 10.0. The Labute approximate surface area is 272 Å². The second-order valence-electron chi connectivity index (χ2n) is 11.6. The summed E-state index contributed by atoms with van der Waals surface area (Å²) in [5.41, 5.74) is 12.4. The van der Waals surface area contributed by atoms with Crippen LogP contribution in [0.3, 0.4) is 0 Å². The Balaban J connectivity index is 1.35. The molecule has 0 aliphatic carbocycles. The van der Waals surface area contributed by atoms with E-state index < -0.39 is 0 Å². The molecule has 0 radical (unpaired) electrons. The van der Waals surface area contributed by atoms with Crippen LogP contribution in [-0.4, -0.2) is 39.9 Å². The average Bonchev–Trinajstić information content (AvgIpc) is 3.85. The number of nitrogens with two attached hydrogens (primary N) is 1. The Kier molecular flexibility index (Phi) is 5.49. The number of aromatic amines is 2. The smallest absolute Gasteiger partial charge is 0.168 e. The number of nitrogens with one attached hydrogen (secondary N) is 2. The van der Waals surface area contributed by atoms with Crippen LogP contribution in [0.5, 0.6) is 11.5 Å². The van der Waals surface area contributed by atoms with E-state index in [0.717, 1.165) is 43.8 Å². The van der Waals surface area contributed by atoms with Crippen molar-refractivity contribution in [3.05, 3.63) is 115 Å². The molecule has 5 heterocycles. The Hall–Kier alpha value is -6.94. The van der Waals surface area contributed by atoms with Crippen LogP contribution in [0, 0.1) is 0 Å².